The van der Waals surface area contributed by atoms with Gasteiger partial charge >= 0.3 is 0 Å². The van der Waals surface area contributed by atoms with Gasteiger partial charge in [0.25, 0.3) is 0 Å². The van der Waals surface area contributed by atoms with Crippen LogP contribution in [0, 0.1) is 6.92 Å². The average molecular weight is 292 g/mol. The minimum Gasteiger partial charge on any atom is -0.382 e. The van der Waals surface area contributed by atoms with Crippen molar-refractivity contribution in [3.8, 4) is 16.9 Å². The molecule has 4 nitrogen and oxygen atoms in total. The molecule has 22 heavy (non-hydrogen) atoms. The predicted octanol–water partition coefficient (Wildman–Crippen LogP) is 3.95. The number of benzene rings is 2. The van der Waals surface area contributed by atoms with Crippen molar-refractivity contribution in [2.75, 3.05) is 5.73 Å². The van der Waals surface area contributed by atoms with Crippen molar-refractivity contribution >= 4 is 5.82 Å². The van der Waals surface area contributed by atoms with E-state index in [-0.39, 0.29) is 0 Å². The van der Waals surface area contributed by atoms with Crippen molar-refractivity contribution in [3.63, 3.8) is 0 Å². The molecule has 1 aromatic heterocycles. The smallest absolute Gasteiger partial charge is 0.155 e. The largest absolute Gasteiger partial charge is 0.382 e. The van der Waals surface area contributed by atoms with Crippen molar-refractivity contribution in [1.82, 2.24) is 15.0 Å². The van der Waals surface area contributed by atoms with Gasteiger partial charge in [-0.3, -0.25) is 0 Å². The molecule has 0 aliphatic rings. The van der Waals surface area contributed by atoms with Crippen molar-refractivity contribution in [1.29, 1.82) is 0 Å². The third kappa shape index (κ3) is 2.60. The summed E-state index contributed by atoms with van der Waals surface area (Å²) >= 11 is 0. The zero-order valence-corrected chi connectivity index (χ0v) is 13.1. The van der Waals surface area contributed by atoms with E-state index in [0.717, 1.165) is 16.9 Å². The van der Waals surface area contributed by atoms with Gasteiger partial charge in [0.2, 0.25) is 0 Å². The van der Waals surface area contributed by atoms with Gasteiger partial charge < -0.3 is 5.73 Å². The first-order chi connectivity index (χ1) is 10.6. The Morgan fingerprint density at radius 3 is 2.18 bits per heavy atom. The summed E-state index contributed by atoms with van der Waals surface area (Å²) in [6.07, 6.45) is 0. The zero-order valence-electron chi connectivity index (χ0n) is 13.1. The molecular formula is C18H20N4. The fourth-order valence-corrected chi connectivity index (χ4v) is 2.40. The number of rotatable bonds is 3. The Kier molecular flexibility index (Phi) is 3.67. The van der Waals surface area contributed by atoms with E-state index >= 15 is 0 Å². The Bertz CT molecular complexity index is 768. The van der Waals surface area contributed by atoms with Crippen LogP contribution in [0.25, 0.3) is 16.9 Å². The van der Waals surface area contributed by atoms with E-state index in [0.29, 0.717) is 11.7 Å². The Morgan fingerprint density at radius 1 is 0.955 bits per heavy atom. The Morgan fingerprint density at radius 2 is 1.59 bits per heavy atom. The second kappa shape index (κ2) is 5.64. The highest BCUT2D eigenvalue weighted by molar-refractivity contribution is 5.71. The maximum absolute atomic E-state index is 6.24. The highest BCUT2D eigenvalue weighted by Gasteiger charge is 2.13. The van der Waals surface area contributed by atoms with E-state index in [1.807, 2.05) is 24.3 Å². The maximum Gasteiger partial charge on any atom is 0.155 e. The molecule has 0 bridgehead atoms. The normalized spacial score (nSPS) is 11.1. The summed E-state index contributed by atoms with van der Waals surface area (Å²) in [7, 11) is 0. The molecule has 0 spiro atoms. The molecule has 2 N–H and O–H groups in total. The van der Waals surface area contributed by atoms with Crippen LogP contribution in [0.4, 0.5) is 5.82 Å². The molecule has 0 amide bonds. The number of aromatic nitrogens is 3. The van der Waals surface area contributed by atoms with E-state index in [9.17, 15) is 0 Å². The number of aryl methyl sites for hydroxylation is 1. The van der Waals surface area contributed by atoms with Gasteiger partial charge in [0.15, 0.2) is 5.82 Å². The highest BCUT2D eigenvalue weighted by atomic mass is 15.5. The standard InChI is InChI=1S/C18H20N4/c1-12(2)14-6-8-15(9-7-14)17-18(19)22(21-20-17)16-10-4-13(3)5-11-16/h4-12H,19H2,1-3H3. The monoisotopic (exact) mass is 292 g/mol. The summed E-state index contributed by atoms with van der Waals surface area (Å²) in [5.74, 6) is 1.07. The lowest BCUT2D eigenvalue weighted by molar-refractivity contribution is 0.810. The number of hydrogen-bond acceptors (Lipinski definition) is 3. The van der Waals surface area contributed by atoms with Gasteiger partial charge in [-0.25, -0.2) is 0 Å². The van der Waals surface area contributed by atoms with Crippen LogP contribution >= 0.6 is 0 Å². The molecule has 3 rings (SSSR count). The van der Waals surface area contributed by atoms with Crippen LogP contribution in [-0.4, -0.2) is 15.0 Å². The molecular weight excluding hydrogens is 272 g/mol. The first kappa shape index (κ1) is 14.3. The summed E-state index contributed by atoms with van der Waals surface area (Å²) in [4.78, 5) is 0. The number of nitrogens with two attached hydrogens (primary N) is 1. The Labute approximate surface area is 130 Å². The van der Waals surface area contributed by atoms with Crippen molar-refractivity contribution in [2.45, 2.75) is 26.7 Å². The Balaban J connectivity index is 1.98. The van der Waals surface area contributed by atoms with Gasteiger partial charge in [-0.05, 0) is 30.5 Å². The number of hydrogen-bond donors (Lipinski definition) is 1. The maximum atomic E-state index is 6.24. The third-order valence-corrected chi connectivity index (χ3v) is 3.83. The summed E-state index contributed by atoms with van der Waals surface area (Å²) in [6.45, 7) is 6.41. The lowest BCUT2D eigenvalue weighted by Gasteiger charge is -2.06. The Hall–Kier alpha value is -2.62. The summed E-state index contributed by atoms with van der Waals surface area (Å²) in [5, 5.41) is 8.44. The summed E-state index contributed by atoms with van der Waals surface area (Å²) in [5.41, 5.74) is 11.4. The number of nitrogens with zero attached hydrogens (tertiary/aromatic N) is 3. The van der Waals surface area contributed by atoms with Crippen molar-refractivity contribution < 1.29 is 0 Å². The topological polar surface area (TPSA) is 56.7 Å². The highest BCUT2D eigenvalue weighted by Crippen LogP contribution is 2.26. The minimum atomic E-state index is 0.509. The van der Waals surface area contributed by atoms with Crippen molar-refractivity contribution in [2.24, 2.45) is 0 Å². The van der Waals surface area contributed by atoms with Crippen LogP contribution in [0.15, 0.2) is 48.5 Å². The molecule has 2 aromatic carbocycles. The molecule has 0 atom stereocenters. The fourth-order valence-electron chi connectivity index (χ4n) is 2.40. The first-order valence-electron chi connectivity index (χ1n) is 7.45. The molecule has 0 saturated heterocycles. The second-order valence-electron chi connectivity index (χ2n) is 5.85. The number of anilines is 1. The van der Waals surface area contributed by atoms with Crippen LogP contribution in [0.1, 0.15) is 30.9 Å². The third-order valence-electron chi connectivity index (χ3n) is 3.83. The van der Waals surface area contributed by atoms with Gasteiger partial charge in [-0.2, -0.15) is 4.68 Å². The SMILES string of the molecule is Cc1ccc(-n2nnc(-c3ccc(C(C)C)cc3)c2N)cc1. The first-order valence-corrected chi connectivity index (χ1v) is 7.45. The lowest BCUT2D eigenvalue weighted by Crippen LogP contribution is -2.02. The van der Waals surface area contributed by atoms with E-state index in [1.165, 1.54) is 11.1 Å². The van der Waals surface area contributed by atoms with Gasteiger partial charge in [0.05, 0.1) is 5.69 Å². The van der Waals surface area contributed by atoms with Gasteiger partial charge in [-0.1, -0.05) is 61.0 Å². The molecule has 1 heterocycles. The summed E-state index contributed by atoms with van der Waals surface area (Å²) in [6, 6.07) is 16.4. The van der Waals surface area contributed by atoms with Crippen LogP contribution < -0.4 is 5.73 Å². The molecule has 0 saturated carbocycles. The van der Waals surface area contributed by atoms with E-state index in [1.54, 1.807) is 4.68 Å². The molecule has 4 heteroatoms. The lowest BCUT2D eigenvalue weighted by atomic mass is 10.0. The van der Waals surface area contributed by atoms with Gasteiger partial charge in [0, 0.05) is 5.56 Å². The van der Waals surface area contributed by atoms with E-state index < -0.39 is 0 Å². The predicted molar refractivity (Wildman–Crippen MR) is 90.0 cm³/mol. The van der Waals surface area contributed by atoms with Crippen molar-refractivity contribution in [3.05, 3.63) is 59.7 Å². The van der Waals surface area contributed by atoms with E-state index in [2.05, 4.69) is 55.3 Å². The molecule has 112 valence electrons. The average Bonchev–Trinajstić information content (AvgIpc) is 2.90. The molecule has 0 radical (unpaired) electrons. The van der Waals surface area contributed by atoms with Crippen LogP contribution in [-0.2, 0) is 0 Å². The second-order valence-corrected chi connectivity index (χ2v) is 5.85. The van der Waals surface area contributed by atoms with Gasteiger partial charge in [-0.15, -0.1) is 5.10 Å². The molecule has 0 unspecified atom stereocenters. The number of nitrogen functional groups attached to an aromatic ring is 1. The molecule has 0 fully saturated rings. The molecule has 0 aliphatic carbocycles. The van der Waals surface area contributed by atoms with Crippen LogP contribution in [0.5, 0.6) is 0 Å². The van der Waals surface area contributed by atoms with E-state index in [4.69, 9.17) is 5.73 Å². The zero-order chi connectivity index (χ0) is 15.7. The molecule has 3 aromatic rings. The summed E-state index contributed by atoms with van der Waals surface area (Å²) < 4.78 is 1.67. The van der Waals surface area contributed by atoms with Crippen LogP contribution in [0.3, 0.4) is 0 Å². The van der Waals surface area contributed by atoms with Crippen LogP contribution in [0.2, 0.25) is 0 Å². The van der Waals surface area contributed by atoms with Gasteiger partial charge in [0.1, 0.15) is 5.69 Å². The minimum absolute atomic E-state index is 0.509. The quantitative estimate of drug-likeness (QED) is 0.795. The fraction of sp³-hybridized carbons (Fsp3) is 0.222. The molecule has 0 aliphatic heterocycles.